The molecule has 1 aromatic carbocycles. The number of hydrogen-bond donors (Lipinski definition) is 0. The number of carboxylic acid groups (broad SMARTS) is 1. The quantitative estimate of drug-likeness (QED) is 0.732. The second-order valence-electron chi connectivity index (χ2n) is 4.49. The van der Waals surface area contributed by atoms with Crippen LogP contribution in [0.4, 0.5) is 5.69 Å². The standard InChI is InChI=1S/C12H15BrN2O4S/c13-10-1-3-11(4-2-10)14-5-7-15(8-6-14)20(18,19)9-12(16)17/h1-4H,5-9H2,(H,16,17)/p-1. The van der Waals surface area contributed by atoms with Crippen LogP contribution in [0, 0.1) is 0 Å². The summed E-state index contributed by atoms with van der Waals surface area (Å²) < 4.78 is 25.7. The van der Waals surface area contributed by atoms with Gasteiger partial charge in [-0.25, -0.2) is 8.42 Å². The predicted octanol–water partition coefficient (Wildman–Crippen LogP) is -0.349. The summed E-state index contributed by atoms with van der Waals surface area (Å²) in [6.07, 6.45) is 0. The minimum Gasteiger partial charge on any atom is -0.549 e. The molecule has 8 heteroatoms. The van der Waals surface area contributed by atoms with Gasteiger partial charge in [0, 0.05) is 36.3 Å². The van der Waals surface area contributed by atoms with Crippen LogP contribution in [0.1, 0.15) is 0 Å². The second-order valence-corrected chi connectivity index (χ2v) is 7.38. The monoisotopic (exact) mass is 361 g/mol. The lowest BCUT2D eigenvalue weighted by molar-refractivity contribution is -0.301. The van der Waals surface area contributed by atoms with Crippen LogP contribution in [0.2, 0.25) is 0 Å². The first-order valence-electron chi connectivity index (χ1n) is 6.07. The van der Waals surface area contributed by atoms with Crippen LogP contribution in [0.25, 0.3) is 0 Å². The first kappa shape index (κ1) is 15.3. The van der Waals surface area contributed by atoms with E-state index in [-0.39, 0.29) is 13.1 Å². The van der Waals surface area contributed by atoms with E-state index in [1.54, 1.807) is 0 Å². The molecule has 110 valence electrons. The predicted molar refractivity (Wildman–Crippen MR) is 76.7 cm³/mol. The molecule has 6 nitrogen and oxygen atoms in total. The topological polar surface area (TPSA) is 80.7 Å². The van der Waals surface area contributed by atoms with Crippen molar-refractivity contribution >= 4 is 37.6 Å². The summed E-state index contributed by atoms with van der Waals surface area (Å²) in [6, 6.07) is 7.76. The summed E-state index contributed by atoms with van der Waals surface area (Å²) in [6.45, 7) is 1.64. The van der Waals surface area contributed by atoms with Crippen molar-refractivity contribution in [1.82, 2.24) is 4.31 Å². The molecule has 1 aromatic rings. The van der Waals surface area contributed by atoms with Crippen molar-refractivity contribution in [2.24, 2.45) is 0 Å². The Bertz CT molecular complexity index is 580. The van der Waals surface area contributed by atoms with Crippen LogP contribution in [0.5, 0.6) is 0 Å². The van der Waals surface area contributed by atoms with Crippen LogP contribution in [-0.2, 0) is 14.8 Å². The average molecular weight is 362 g/mol. The van der Waals surface area contributed by atoms with E-state index in [1.165, 1.54) is 4.31 Å². The van der Waals surface area contributed by atoms with E-state index in [4.69, 9.17) is 0 Å². The van der Waals surface area contributed by atoms with E-state index < -0.39 is 21.7 Å². The van der Waals surface area contributed by atoms with Gasteiger partial charge in [0.05, 0.1) is 5.97 Å². The fourth-order valence-electron chi connectivity index (χ4n) is 2.12. The Morgan fingerprint density at radius 3 is 2.20 bits per heavy atom. The zero-order chi connectivity index (χ0) is 14.8. The Kier molecular flexibility index (Phi) is 4.66. The number of benzene rings is 1. The maximum absolute atomic E-state index is 11.8. The Morgan fingerprint density at radius 2 is 1.70 bits per heavy atom. The smallest absolute Gasteiger partial charge is 0.219 e. The minimum atomic E-state index is -3.76. The molecule has 1 fully saturated rings. The van der Waals surface area contributed by atoms with E-state index in [9.17, 15) is 18.3 Å². The third kappa shape index (κ3) is 3.71. The van der Waals surface area contributed by atoms with Gasteiger partial charge in [0.2, 0.25) is 10.0 Å². The Labute approximate surface area is 126 Å². The van der Waals surface area contributed by atoms with Crippen molar-refractivity contribution in [3.63, 3.8) is 0 Å². The molecule has 0 radical (unpaired) electrons. The lowest BCUT2D eigenvalue weighted by Gasteiger charge is -2.35. The molecule has 0 spiro atoms. The van der Waals surface area contributed by atoms with Gasteiger partial charge in [0.25, 0.3) is 0 Å². The summed E-state index contributed by atoms with van der Waals surface area (Å²) in [7, 11) is -3.76. The van der Waals surface area contributed by atoms with Crippen LogP contribution >= 0.6 is 15.9 Å². The number of rotatable bonds is 4. The lowest BCUT2D eigenvalue weighted by Crippen LogP contribution is -2.50. The molecule has 0 amide bonds. The van der Waals surface area contributed by atoms with Crippen LogP contribution in [0.3, 0.4) is 0 Å². The molecule has 0 aromatic heterocycles. The van der Waals surface area contributed by atoms with Gasteiger partial charge in [-0.15, -0.1) is 0 Å². The van der Waals surface area contributed by atoms with Crippen LogP contribution < -0.4 is 10.0 Å². The van der Waals surface area contributed by atoms with Crippen molar-refractivity contribution in [2.45, 2.75) is 0 Å². The molecule has 0 unspecified atom stereocenters. The maximum Gasteiger partial charge on any atom is 0.219 e. The molecule has 1 saturated heterocycles. The number of hydrogen-bond acceptors (Lipinski definition) is 5. The van der Waals surface area contributed by atoms with Gasteiger partial charge in [0.1, 0.15) is 5.75 Å². The molecule has 0 bridgehead atoms. The number of sulfonamides is 1. The SMILES string of the molecule is O=C([O-])CS(=O)(=O)N1CCN(c2ccc(Br)cc2)CC1. The third-order valence-corrected chi connectivity index (χ3v) is 5.41. The second kappa shape index (κ2) is 6.11. The molecule has 20 heavy (non-hydrogen) atoms. The van der Waals surface area contributed by atoms with Crippen molar-refractivity contribution < 1.29 is 18.3 Å². The van der Waals surface area contributed by atoms with Gasteiger partial charge >= 0.3 is 0 Å². The number of carbonyl (C=O) groups is 1. The Morgan fingerprint density at radius 1 is 1.15 bits per heavy atom. The van der Waals surface area contributed by atoms with E-state index in [2.05, 4.69) is 20.8 Å². The molecule has 0 atom stereocenters. The normalized spacial score (nSPS) is 17.1. The van der Waals surface area contributed by atoms with Crippen molar-refractivity contribution in [3.8, 4) is 0 Å². The number of piperazine rings is 1. The van der Waals surface area contributed by atoms with Crippen molar-refractivity contribution in [1.29, 1.82) is 0 Å². The van der Waals surface area contributed by atoms with E-state index >= 15 is 0 Å². The fourth-order valence-corrected chi connectivity index (χ4v) is 3.58. The zero-order valence-corrected chi connectivity index (χ0v) is 13.1. The number of halogens is 1. The first-order valence-corrected chi connectivity index (χ1v) is 8.47. The lowest BCUT2D eigenvalue weighted by atomic mass is 10.2. The number of carboxylic acids is 1. The highest BCUT2D eigenvalue weighted by atomic mass is 79.9. The molecular weight excluding hydrogens is 348 g/mol. The van der Waals surface area contributed by atoms with E-state index in [0.29, 0.717) is 13.1 Å². The highest BCUT2D eigenvalue weighted by molar-refractivity contribution is 9.10. The summed E-state index contributed by atoms with van der Waals surface area (Å²) >= 11 is 3.36. The zero-order valence-electron chi connectivity index (χ0n) is 10.7. The van der Waals surface area contributed by atoms with Crippen molar-refractivity contribution in [3.05, 3.63) is 28.7 Å². The summed E-state index contributed by atoms with van der Waals surface area (Å²) in [5.74, 6) is -2.52. The fraction of sp³-hybridized carbons (Fsp3) is 0.417. The van der Waals surface area contributed by atoms with Crippen LogP contribution in [-0.4, -0.2) is 50.6 Å². The first-order chi connectivity index (χ1) is 9.38. The molecule has 1 aliphatic heterocycles. The Hall–Kier alpha value is -1.12. The largest absolute Gasteiger partial charge is 0.549 e. The molecule has 1 aliphatic rings. The molecule has 0 saturated carbocycles. The van der Waals surface area contributed by atoms with E-state index in [0.717, 1.165) is 10.2 Å². The summed E-state index contributed by atoms with van der Waals surface area (Å²) in [4.78, 5) is 12.5. The van der Waals surface area contributed by atoms with Gasteiger partial charge < -0.3 is 14.8 Å². The van der Waals surface area contributed by atoms with Gasteiger partial charge in [0.15, 0.2) is 0 Å². The van der Waals surface area contributed by atoms with Crippen molar-refractivity contribution in [2.75, 3.05) is 36.8 Å². The number of anilines is 1. The van der Waals surface area contributed by atoms with Gasteiger partial charge in [-0.1, -0.05) is 15.9 Å². The summed E-state index contributed by atoms with van der Waals surface area (Å²) in [5.41, 5.74) is 1.02. The minimum absolute atomic E-state index is 0.283. The van der Waals surface area contributed by atoms with Gasteiger partial charge in [-0.2, -0.15) is 4.31 Å². The van der Waals surface area contributed by atoms with Crippen LogP contribution in [0.15, 0.2) is 28.7 Å². The summed E-state index contributed by atoms with van der Waals surface area (Å²) in [5, 5.41) is 10.4. The third-order valence-electron chi connectivity index (χ3n) is 3.12. The average Bonchev–Trinajstić information content (AvgIpc) is 2.38. The Balaban J connectivity index is 1.99. The highest BCUT2D eigenvalue weighted by Crippen LogP contribution is 2.20. The molecule has 0 N–H and O–H groups in total. The molecule has 1 heterocycles. The number of aliphatic carboxylic acids is 1. The maximum atomic E-state index is 11.8. The van der Waals surface area contributed by atoms with Gasteiger partial charge in [-0.05, 0) is 24.3 Å². The molecule has 2 rings (SSSR count). The number of nitrogens with zero attached hydrogens (tertiary/aromatic N) is 2. The molecule has 0 aliphatic carbocycles. The molecular formula is C12H14BrN2O4S-. The number of carbonyl (C=O) groups excluding carboxylic acids is 1. The highest BCUT2D eigenvalue weighted by Gasteiger charge is 2.26. The van der Waals surface area contributed by atoms with Gasteiger partial charge in [-0.3, -0.25) is 0 Å². The van der Waals surface area contributed by atoms with E-state index in [1.807, 2.05) is 24.3 Å².